The zero-order chi connectivity index (χ0) is 10.8. The molecular weight excluding hydrogens is 208 g/mol. The van der Waals surface area contributed by atoms with Crippen LogP contribution < -0.4 is 0 Å². The predicted octanol–water partition coefficient (Wildman–Crippen LogP) is 3.41. The molecular formula is C12H11ClN2. The van der Waals surface area contributed by atoms with Gasteiger partial charge in [0.2, 0.25) is 0 Å². The van der Waals surface area contributed by atoms with Crippen molar-refractivity contribution in [3.63, 3.8) is 0 Å². The number of rotatable bonds is 1. The monoisotopic (exact) mass is 218 g/mol. The summed E-state index contributed by atoms with van der Waals surface area (Å²) in [4.78, 5) is 8.24. The van der Waals surface area contributed by atoms with Crippen LogP contribution in [0.15, 0.2) is 30.6 Å². The van der Waals surface area contributed by atoms with Crippen LogP contribution in [0.2, 0.25) is 5.15 Å². The van der Waals surface area contributed by atoms with Crippen LogP contribution in [0.25, 0.3) is 11.3 Å². The molecule has 0 atom stereocenters. The van der Waals surface area contributed by atoms with Crippen molar-refractivity contribution in [2.75, 3.05) is 0 Å². The number of nitrogens with zero attached hydrogens (tertiary/aromatic N) is 2. The lowest BCUT2D eigenvalue weighted by Gasteiger charge is -2.04. The molecule has 0 aliphatic heterocycles. The van der Waals surface area contributed by atoms with E-state index < -0.39 is 0 Å². The van der Waals surface area contributed by atoms with Gasteiger partial charge >= 0.3 is 0 Å². The maximum absolute atomic E-state index is 5.79. The fourth-order valence-corrected chi connectivity index (χ4v) is 1.53. The van der Waals surface area contributed by atoms with Crippen molar-refractivity contribution in [2.24, 2.45) is 0 Å². The van der Waals surface area contributed by atoms with E-state index in [4.69, 9.17) is 11.6 Å². The van der Waals surface area contributed by atoms with Crippen LogP contribution >= 0.6 is 11.6 Å². The summed E-state index contributed by atoms with van der Waals surface area (Å²) in [6.07, 6.45) is 3.25. The lowest BCUT2D eigenvalue weighted by atomic mass is 10.0. The highest BCUT2D eigenvalue weighted by Crippen LogP contribution is 2.20. The molecule has 2 aromatic rings. The van der Waals surface area contributed by atoms with E-state index in [1.807, 2.05) is 6.07 Å². The van der Waals surface area contributed by atoms with Crippen LogP contribution in [0, 0.1) is 13.8 Å². The first-order valence-corrected chi connectivity index (χ1v) is 5.10. The molecule has 3 heteroatoms. The first-order valence-electron chi connectivity index (χ1n) is 4.72. The van der Waals surface area contributed by atoms with Gasteiger partial charge in [0.15, 0.2) is 0 Å². The van der Waals surface area contributed by atoms with Crippen molar-refractivity contribution in [1.82, 2.24) is 9.97 Å². The van der Waals surface area contributed by atoms with E-state index in [0.29, 0.717) is 5.15 Å². The Hall–Kier alpha value is -1.41. The third kappa shape index (κ3) is 2.16. The topological polar surface area (TPSA) is 25.8 Å². The van der Waals surface area contributed by atoms with Gasteiger partial charge in [-0.3, -0.25) is 4.98 Å². The SMILES string of the molecule is Cc1ccc(-c2cncc(Cl)n2)cc1C. The van der Waals surface area contributed by atoms with Gasteiger partial charge in [0, 0.05) is 5.56 Å². The van der Waals surface area contributed by atoms with Crippen molar-refractivity contribution in [3.05, 3.63) is 46.9 Å². The fraction of sp³-hybridized carbons (Fsp3) is 0.167. The Balaban J connectivity index is 2.50. The van der Waals surface area contributed by atoms with E-state index in [1.165, 1.54) is 17.3 Å². The summed E-state index contributed by atoms with van der Waals surface area (Å²) in [5, 5.41) is 0.422. The van der Waals surface area contributed by atoms with E-state index >= 15 is 0 Å². The Morgan fingerprint density at radius 3 is 2.53 bits per heavy atom. The van der Waals surface area contributed by atoms with Gasteiger partial charge in [-0.2, -0.15) is 0 Å². The molecule has 0 amide bonds. The lowest BCUT2D eigenvalue weighted by molar-refractivity contribution is 1.20. The first-order chi connectivity index (χ1) is 7.16. The first kappa shape index (κ1) is 10.1. The van der Waals surface area contributed by atoms with Crippen molar-refractivity contribution in [1.29, 1.82) is 0 Å². The molecule has 2 nitrogen and oxygen atoms in total. The van der Waals surface area contributed by atoms with E-state index in [1.54, 1.807) is 6.20 Å². The zero-order valence-corrected chi connectivity index (χ0v) is 9.42. The van der Waals surface area contributed by atoms with Crippen molar-refractivity contribution >= 4 is 11.6 Å². The van der Waals surface area contributed by atoms with Crippen LogP contribution in [-0.2, 0) is 0 Å². The van der Waals surface area contributed by atoms with Crippen LogP contribution in [0.4, 0.5) is 0 Å². The van der Waals surface area contributed by atoms with E-state index in [9.17, 15) is 0 Å². The molecule has 0 aliphatic carbocycles. The number of aryl methyl sites for hydroxylation is 2. The molecule has 0 saturated heterocycles. The predicted molar refractivity (Wildman–Crippen MR) is 62.0 cm³/mol. The Morgan fingerprint density at radius 2 is 1.87 bits per heavy atom. The standard InChI is InChI=1S/C12H11ClN2/c1-8-3-4-10(5-9(8)2)11-6-14-7-12(13)15-11/h3-7H,1-2H3. The number of halogens is 1. The third-order valence-electron chi connectivity index (χ3n) is 2.41. The average molecular weight is 219 g/mol. The van der Waals surface area contributed by atoms with Gasteiger partial charge in [-0.25, -0.2) is 4.98 Å². The highest BCUT2D eigenvalue weighted by atomic mass is 35.5. The van der Waals surface area contributed by atoms with Gasteiger partial charge in [-0.05, 0) is 31.0 Å². The summed E-state index contributed by atoms with van der Waals surface area (Å²) in [5.74, 6) is 0. The minimum Gasteiger partial charge on any atom is -0.259 e. The summed E-state index contributed by atoms with van der Waals surface area (Å²) in [6.45, 7) is 4.17. The summed E-state index contributed by atoms with van der Waals surface area (Å²) in [6, 6.07) is 6.20. The molecule has 0 unspecified atom stereocenters. The van der Waals surface area contributed by atoms with Gasteiger partial charge in [-0.15, -0.1) is 0 Å². The second kappa shape index (κ2) is 3.99. The minimum absolute atomic E-state index is 0.422. The molecule has 15 heavy (non-hydrogen) atoms. The number of hydrogen-bond acceptors (Lipinski definition) is 2. The largest absolute Gasteiger partial charge is 0.259 e. The van der Waals surface area contributed by atoms with Crippen LogP contribution in [0.1, 0.15) is 11.1 Å². The minimum atomic E-state index is 0.422. The summed E-state index contributed by atoms with van der Waals surface area (Å²) in [5.41, 5.74) is 4.38. The summed E-state index contributed by atoms with van der Waals surface area (Å²) < 4.78 is 0. The maximum atomic E-state index is 5.79. The van der Waals surface area contributed by atoms with Gasteiger partial charge in [0.25, 0.3) is 0 Å². The highest BCUT2D eigenvalue weighted by molar-refractivity contribution is 6.29. The Bertz CT molecular complexity index is 495. The molecule has 0 radical (unpaired) electrons. The summed E-state index contributed by atoms with van der Waals surface area (Å²) >= 11 is 5.79. The molecule has 0 aliphatic rings. The van der Waals surface area contributed by atoms with Crippen LogP contribution in [-0.4, -0.2) is 9.97 Å². The Kier molecular flexibility index (Phi) is 2.69. The molecule has 1 heterocycles. The van der Waals surface area contributed by atoms with E-state index in [0.717, 1.165) is 11.3 Å². The smallest absolute Gasteiger partial charge is 0.148 e. The van der Waals surface area contributed by atoms with Gasteiger partial charge < -0.3 is 0 Å². The molecule has 0 spiro atoms. The van der Waals surface area contributed by atoms with Crippen LogP contribution in [0.5, 0.6) is 0 Å². The number of hydrogen-bond donors (Lipinski definition) is 0. The molecule has 2 rings (SSSR count). The molecule has 0 saturated carbocycles. The number of benzene rings is 1. The molecule has 1 aromatic heterocycles. The normalized spacial score (nSPS) is 10.3. The van der Waals surface area contributed by atoms with Crippen molar-refractivity contribution < 1.29 is 0 Å². The van der Waals surface area contributed by atoms with Gasteiger partial charge in [0.05, 0.1) is 18.1 Å². The highest BCUT2D eigenvalue weighted by Gasteiger charge is 2.02. The van der Waals surface area contributed by atoms with Crippen molar-refractivity contribution in [3.8, 4) is 11.3 Å². The fourth-order valence-electron chi connectivity index (χ4n) is 1.38. The quantitative estimate of drug-likeness (QED) is 0.733. The third-order valence-corrected chi connectivity index (χ3v) is 2.59. The molecule has 1 aromatic carbocycles. The van der Waals surface area contributed by atoms with E-state index in [2.05, 4.69) is 35.9 Å². The summed E-state index contributed by atoms with van der Waals surface area (Å²) in [7, 11) is 0. The average Bonchev–Trinajstić information content (AvgIpc) is 2.22. The Labute approximate surface area is 94.0 Å². The zero-order valence-electron chi connectivity index (χ0n) is 8.66. The maximum Gasteiger partial charge on any atom is 0.148 e. The second-order valence-electron chi connectivity index (χ2n) is 3.53. The van der Waals surface area contributed by atoms with E-state index in [-0.39, 0.29) is 0 Å². The molecule has 0 fully saturated rings. The molecule has 0 N–H and O–H groups in total. The number of aromatic nitrogens is 2. The van der Waals surface area contributed by atoms with Crippen LogP contribution in [0.3, 0.4) is 0 Å². The van der Waals surface area contributed by atoms with Gasteiger partial charge in [0.1, 0.15) is 5.15 Å². The lowest BCUT2D eigenvalue weighted by Crippen LogP contribution is -1.88. The molecule has 76 valence electrons. The van der Waals surface area contributed by atoms with Gasteiger partial charge in [-0.1, -0.05) is 23.7 Å². The second-order valence-corrected chi connectivity index (χ2v) is 3.91. The van der Waals surface area contributed by atoms with Crippen molar-refractivity contribution in [2.45, 2.75) is 13.8 Å². The molecule has 0 bridgehead atoms. The Morgan fingerprint density at radius 1 is 1.07 bits per heavy atom.